The third kappa shape index (κ3) is 3.69. The average molecular weight is 272 g/mol. The number of aryl methyl sites for hydroxylation is 1. The molecule has 1 N–H and O–H groups in total. The molecular weight excluding hydrogens is 248 g/mol. The van der Waals surface area contributed by atoms with Crippen LogP contribution < -0.4 is 5.32 Å². The van der Waals surface area contributed by atoms with Crippen molar-refractivity contribution in [1.82, 2.24) is 9.97 Å². The van der Waals surface area contributed by atoms with Gasteiger partial charge in [-0.15, -0.1) is 0 Å². The summed E-state index contributed by atoms with van der Waals surface area (Å²) in [6.07, 6.45) is 6.47. The molecule has 0 spiro atoms. The van der Waals surface area contributed by atoms with Gasteiger partial charge in [0.05, 0.1) is 0 Å². The Kier molecular flexibility index (Phi) is 4.59. The fourth-order valence-corrected chi connectivity index (χ4v) is 3.42. The summed E-state index contributed by atoms with van der Waals surface area (Å²) in [7, 11) is 0. The summed E-state index contributed by atoms with van der Waals surface area (Å²) in [6.45, 7) is 7.39. The van der Waals surface area contributed by atoms with E-state index in [1.165, 1.54) is 32.1 Å². The number of aromatic nitrogens is 2. The van der Waals surface area contributed by atoms with Crippen LogP contribution in [0.15, 0.2) is 6.07 Å². The summed E-state index contributed by atoms with van der Waals surface area (Å²) in [6, 6.07) is 3.80. The van der Waals surface area contributed by atoms with Crippen molar-refractivity contribution < 1.29 is 0 Å². The molecule has 0 amide bonds. The molecule has 1 aliphatic carbocycles. The molecule has 4 heteroatoms. The van der Waals surface area contributed by atoms with Crippen molar-refractivity contribution in [3.63, 3.8) is 0 Å². The largest absolute Gasteiger partial charge is 0.354 e. The maximum Gasteiger partial charge on any atom is 0.224 e. The lowest BCUT2D eigenvalue weighted by Gasteiger charge is -2.31. The Balaban J connectivity index is 2.06. The maximum atomic E-state index is 8.97. The van der Waals surface area contributed by atoms with Crippen molar-refractivity contribution >= 4 is 5.95 Å². The summed E-state index contributed by atoms with van der Waals surface area (Å²) >= 11 is 0. The number of nitrogens with one attached hydrogen (secondary N) is 1. The third-order valence-corrected chi connectivity index (χ3v) is 4.10. The highest BCUT2D eigenvalue weighted by molar-refractivity contribution is 5.33. The number of hydrogen-bond donors (Lipinski definition) is 1. The number of nitrogens with zero attached hydrogens (tertiary/aromatic N) is 3. The van der Waals surface area contributed by atoms with E-state index in [4.69, 9.17) is 5.26 Å². The van der Waals surface area contributed by atoms with E-state index >= 15 is 0 Å². The Morgan fingerprint density at radius 3 is 2.65 bits per heavy atom. The molecule has 1 aromatic heterocycles. The molecule has 1 aliphatic rings. The van der Waals surface area contributed by atoms with E-state index in [9.17, 15) is 0 Å². The predicted molar refractivity (Wildman–Crippen MR) is 80.3 cm³/mol. The predicted octanol–water partition coefficient (Wildman–Crippen LogP) is 3.68. The van der Waals surface area contributed by atoms with E-state index in [0.29, 0.717) is 23.0 Å². The first-order valence-electron chi connectivity index (χ1n) is 7.53. The second-order valence-corrected chi connectivity index (χ2v) is 6.49. The Morgan fingerprint density at radius 1 is 1.35 bits per heavy atom. The summed E-state index contributed by atoms with van der Waals surface area (Å²) in [5.74, 6) is 1.31. The zero-order valence-electron chi connectivity index (χ0n) is 12.7. The molecule has 0 unspecified atom stereocenters. The van der Waals surface area contributed by atoms with Gasteiger partial charge in [0.2, 0.25) is 5.95 Å². The van der Waals surface area contributed by atoms with Crippen LogP contribution in [0.3, 0.4) is 0 Å². The molecule has 0 saturated heterocycles. The van der Waals surface area contributed by atoms with E-state index in [1.807, 2.05) is 6.92 Å². The van der Waals surface area contributed by atoms with Crippen LogP contribution in [0.2, 0.25) is 0 Å². The molecule has 0 bridgehead atoms. The lowest BCUT2D eigenvalue weighted by Crippen LogP contribution is -2.29. The van der Waals surface area contributed by atoms with Gasteiger partial charge in [0.1, 0.15) is 11.8 Å². The summed E-state index contributed by atoms with van der Waals surface area (Å²) in [5, 5.41) is 12.3. The monoisotopic (exact) mass is 272 g/mol. The van der Waals surface area contributed by atoms with E-state index in [-0.39, 0.29) is 0 Å². The Labute approximate surface area is 121 Å². The van der Waals surface area contributed by atoms with Crippen molar-refractivity contribution in [3.05, 3.63) is 17.5 Å². The quantitative estimate of drug-likeness (QED) is 0.888. The van der Waals surface area contributed by atoms with Crippen molar-refractivity contribution in [2.75, 3.05) is 11.9 Å². The Morgan fingerprint density at radius 2 is 2.05 bits per heavy atom. The average Bonchev–Trinajstić information content (AvgIpc) is 2.84. The first kappa shape index (κ1) is 14.8. The summed E-state index contributed by atoms with van der Waals surface area (Å²) in [4.78, 5) is 8.62. The zero-order chi connectivity index (χ0) is 14.6. The smallest absolute Gasteiger partial charge is 0.224 e. The molecular formula is C16H24N4. The molecule has 1 aromatic rings. The molecule has 0 atom stereocenters. The van der Waals surface area contributed by atoms with Crippen LogP contribution in [0, 0.1) is 29.6 Å². The van der Waals surface area contributed by atoms with E-state index < -0.39 is 0 Å². The summed E-state index contributed by atoms with van der Waals surface area (Å²) < 4.78 is 0. The number of nitriles is 1. The van der Waals surface area contributed by atoms with Gasteiger partial charge in [0.15, 0.2) is 0 Å². The normalized spacial score (nSPS) is 17.1. The first-order valence-corrected chi connectivity index (χ1v) is 7.53. The highest BCUT2D eigenvalue weighted by Gasteiger charge is 2.34. The third-order valence-electron chi connectivity index (χ3n) is 4.10. The van der Waals surface area contributed by atoms with Gasteiger partial charge in [0, 0.05) is 12.2 Å². The van der Waals surface area contributed by atoms with Crippen molar-refractivity contribution in [1.29, 1.82) is 5.26 Å². The lowest BCUT2D eigenvalue weighted by molar-refractivity contribution is 0.252. The number of anilines is 1. The van der Waals surface area contributed by atoms with Gasteiger partial charge in [-0.3, -0.25) is 0 Å². The van der Waals surface area contributed by atoms with Gasteiger partial charge in [-0.25, -0.2) is 9.97 Å². The second kappa shape index (κ2) is 6.21. The first-order chi connectivity index (χ1) is 9.53. The molecule has 1 saturated carbocycles. The molecule has 0 aromatic carbocycles. The fraction of sp³-hybridized carbons (Fsp3) is 0.688. The van der Waals surface area contributed by atoms with E-state index in [0.717, 1.165) is 12.2 Å². The van der Waals surface area contributed by atoms with Crippen LogP contribution in [0.25, 0.3) is 0 Å². The minimum absolute atomic E-state index is 0.383. The number of rotatable bonds is 5. The fourth-order valence-electron chi connectivity index (χ4n) is 3.42. The van der Waals surface area contributed by atoms with E-state index in [2.05, 4.69) is 35.2 Å². The van der Waals surface area contributed by atoms with Crippen LogP contribution in [-0.2, 0) is 0 Å². The standard InChI is InChI=1S/C16H24N4/c1-12(2)9-16(6-4-5-7-16)11-18-15-19-13(3)8-14(10-17)20-15/h8,12H,4-7,9,11H2,1-3H3,(H,18,19,20). The molecule has 4 nitrogen and oxygen atoms in total. The van der Waals surface area contributed by atoms with Crippen LogP contribution in [0.4, 0.5) is 5.95 Å². The maximum absolute atomic E-state index is 8.97. The van der Waals surface area contributed by atoms with Gasteiger partial charge in [0.25, 0.3) is 0 Å². The van der Waals surface area contributed by atoms with Gasteiger partial charge in [-0.05, 0) is 43.6 Å². The van der Waals surface area contributed by atoms with Crippen molar-refractivity contribution in [3.8, 4) is 6.07 Å². The van der Waals surface area contributed by atoms with Crippen LogP contribution in [0.5, 0.6) is 0 Å². The topological polar surface area (TPSA) is 61.6 Å². The molecule has 0 radical (unpaired) electrons. The van der Waals surface area contributed by atoms with Gasteiger partial charge in [-0.2, -0.15) is 5.26 Å². The second-order valence-electron chi connectivity index (χ2n) is 6.49. The number of hydrogen-bond acceptors (Lipinski definition) is 4. The van der Waals surface area contributed by atoms with Crippen molar-refractivity contribution in [2.24, 2.45) is 11.3 Å². The highest BCUT2D eigenvalue weighted by Crippen LogP contribution is 2.43. The highest BCUT2D eigenvalue weighted by atomic mass is 15.1. The Hall–Kier alpha value is -1.63. The van der Waals surface area contributed by atoms with Crippen LogP contribution in [0.1, 0.15) is 57.3 Å². The van der Waals surface area contributed by atoms with Gasteiger partial charge >= 0.3 is 0 Å². The van der Waals surface area contributed by atoms with Gasteiger partial charge in [-0.1, -0.05) is 26.7 Å². The van der Waals surface area contributed by atoms with Crippen molar-refractivity contribution in [2.45, 2.75) is 52.9 Å². The van der Waals surface area contributed by atoms with Crippen LogP contribution >= 0.6 is 0 Å². The zero-order valence-corrected chi connectivity index (χ0v) is 12.7. The van der Waals surface area contributed by atoms with Gasteiger partial charge < -0.3 is 5.32 Å². The van der Waals surface area contributed by atoms with Crippen LogP contribution in [-0.4, -0.2) is 16.5 Å². The molecule has 108 valence electrons. The minimum atomic E-state index is 0.383. The molecule has 1 fully saturated rings. The molecule has 2 rings (SSSR count). The minimum Gasteiger partial charge on any atom is -0.354 e. The molecule has 20 heavy (non-hydrogen) atoms. The molecule has 0 aliphatic heterocycles. The summed E-state index contributed by atoms with van der Waals surface area (Å²) in [5.41, 5.74) is 1.65. The SMILES string of the molecule is Cc1cc(C#N)nc(NCC2(CC(C)C)CCCC2)n1. The lowest BCUT2D eigenvalue weighted by atomic mass is 9.78. The Bertz CT molecular complexity index is 496. The van der Waals surface area contributed by atoms with E-state index in [1.54, 1.807) is 6.07 Å². The molecule has 1 heterocycles.